The molecule has 1 aliphatic rings. The summed E-state index contributed by atoms with van der Waals surface area (Å²) in [6.07, 6.45) is 4.86. The van der Waals surface area contributed by atoms with Gasteiger partial charge in [-0.2, -0.15) is 4.98 Å². The lowest BCUT2D eigenvalue weighted by molar-refractivity contribution is -0.385. The van der Waals surface area contributed by atoms with Crippen LogP contribution in [0.5, 0.6) is 11.6 Å². The fourth-order valence-electron chi connectivity index (χ4n) is 3.75. The molecule has 3 aromatic heterocycles. The third-order valence-corrected chi connectivity index (χ3v) is 5.24. The Morgan fingerprint density at radius 2 is 2.10 bits per heavy atom. The number of aromatic amines is 1. The number of nitrogens with one attached hydrogen (secondary N) is 1. The summed E-state index contributed by atoms with van der Waals surface area (Å²) in [5, 5.41) is 13.4. The van der Waals surface area contributed by atoms with Crippen LogP contribution in [0.15, 0.2) is 49.1 Å². The van der Waals surface area contributed by atoms with Gasteiger partial charge in [0.15, 0.2) is 0 Å². The van der Waals surface area contributed by atoms with Crippen molar-refractivity contribution in [3.05, 3.63) is 75.4 Å². The van der Waals surface area contributed by atoms with Crippen LogP contribution in [0.4, 0.5) is 11.5 Å². The average molecular weight is 423 g/mol. The Bertz CT molecular complexity index is 1270. The molecule has 0 saturated heterocycles. The lowest BCUT2D eigenvalue weighted by Crippen LogP contribution is -2.31. The van der Waals surface area contributed by atoms with Gasteiger partial charge in [0, 0.05) is 35.4 Å². The number of benzene rings is 1. The quantitative estimate of drug-likeness (QED) is 0.386. The summed E-state index contributed by atoms with van der Waals surface area (Å²) in [6, 6.07) is 9.60. The number of hydrogen-bond donors (Lipinski definition) is 1. The number of aromatic nitrogens is 4. The Kier molecular flexibility index (Phi) is 4.44. The zero-order chi connectivity index (χ0) is 20.7. The summed E-state index contributed by atoms with van der Waals surface area (Å²) >= 11 is 5.93. The molecule has 0 aliphatic carbocycles. The molecule has 0 fully saturated rings. The molecule has 9 nitrogen and oxygen atoms in total. The highest BCUT2D eigenvalue weighted by molar-refractivity contribution is 6.30. The predicted molar refractivity (Wildman–Crippen MR) is 111 cm³/mol. The van der Waals surface area contributed by atoms with Crippen LogP contribution in [0, 0.1) is 10.1 Å². The van der Waals surface area contributed by atoms with Crippen molar-refractivity contribution in [2.45, 2.75) is 13.0 Å². The van der Waals surface area contributed by atoms with Gasteiger partial charge in [0.2, 0.25) is 5.82 Å². The molecule has 0 atom stereocenters. The number of pyridine rings is 1. The minimum atomic E-state index is -0.524. The van der Waals surface area contributed by atoms with E-state index in [0.29, 0.717) is 18.1 Å². The van der Waals surface area contributed by atoms with Crippen LogP contribution >= 0.6 is 11.6 Å². The summed E-state index contributed by atoms with van der Waals surface area (Å²) in [5.41, 5.74) is 3.02. The molecule has 4 aromatic rings. The van der Waals surface area contributed by atoms with Crippen molar-refractivity contribution in [1.29, 1.82) is 0 Å². The summed E-state index contributed by atoms with van der Waals surface area (Å²) in [6.45, 7) is 1.06. The van der Waals surface area contributed by atoms with E-state index >= 15 is 0 Å². The molecule has 30 heavy (non-hydrogen) atoms. The van der Waals surface area contributed by atoms with E-state index in [9.17, 15) is 10.1 Å². The van der Waals surface area contributed by atoms with Gasteiger partial charge in [-0.25, -0.2) is 4.98 Å². The average Bonchev–Trinajstić information content (AvgIpc) is 3.11. The second-order valence-corrected chi connectivity index (χ2v) is 7.28. The first-order chi connectivity index (χ1) is 14.6. The lowest BCUT2D eigenvalue weighted by Gasteiger charge is -2.27. The normalized spacial score (nSPS) is 13.3. The van der Waals surface area contributed by atoms with Gasteiger partial charge in [-0.15, -0.1) is 0 Å². The van der Waals surface area contributed by atoms with Crippen LogP contribution in [0.25, 0.3) is 10.9 Å². The highest BCUT2D eigenvalue weighted by atomic mass is 35.5. The van der Waals surface area contributed by atoms with E-state index in [1.54, 1.807) is 0 Å². The molecule has 1 aliphatic heterocycles. The number of rotatable bonds is 4. The van der Waals surface area contributed by atoms with E-state index in [4.69, 9.17) is 16.3 Å². The summed E-state index contributed by atoms with van der Waals surface area (Å²) < 4.78 is 5.63. The number of nitrogens with zero attached hydrogens (tertiary/aromatic N) is 5. The van der Waals surface area contributed by atoms with Gasteiger partial charge >= 0.3 is 11.6 Å². The molecule has 0 amide bonds. The second-order valence-electron chi connectivity index (χ2n) is 6.85. The molecular weight excluding hydrogens is 408 g/mol. The monoisotopic (exact) mass is 422 g/mol. The number of anilines is 1. The van der Waals surface area contributed by atoms with Crippen molar-refractivity contribution in [1.82, 2.24) is 19.9 Å². The third-order valence-electron chi connectivity index (χ3n) is 5.03. The van der Waals surface area contributed by atoms with Gasteiger partial charge in [-0.3, -0.25) is 15.1 Å². The van der Waals surface area contributed by atoms with E-state index in [0.717, 1.165) is 17.6 Å². The molecule has 0 bridgehead atoms. The van der Waals surface area contributed by atoms with Crippen molar-refractivity contribution >= 4 is 34.0 Å². The molecular formula is C20H15ClN6O3. The van der Waals surface area contributed by atoms with Crippen LogP contribution in [0.3, 0.4) is 0 Å². The molecule has 0 unspecified atom stereocenters. The fraction of sp³-hybridized carbons (Fsp3) is 0.150. The predicted octanol–water partition coefficient (Wildman–Crippen LogP) is 4.27. The maximum atomic E-state index is 11.9. The molecule has 0 saturated carbocycles. The number of nitro groups is 1. The van der Waals surface area contributed by atoms with Gasteiger partial charge in [0.05, 0.1) is 22.7 Å². The number of para-hydroxylation sites is 1. The highest BCUT2D eigenvalue weighted by Crippen LogP contribution is 2.38. The Hall–Kier alpha value is -3.72. The zero-order valence-corrected chi connectivity index (χ0v) is 16.3. The SMILES string of the molecule is O=[N+]([O-])c1c(Oc2cncc(Cl)c2)ncnc1N1CCc2c([nH]c3ccccc23)C1. The Morgan fingerprint density at radius 1 is 1.23 bits per heavy atom. The van der Waals surface area contributed by atoms with Crippen molar-refractivity contribution < 1.29 is 9.66 Å². The van der Waals surface area contributed by atoms with Crippen LogP contribution < -0.4 is 9.64 Å². The maximum Gasteiger partial charge on any atom is 0.373 e. The molecule has 10 heteroatoms. The van der Waals surface area contributed by atoms with Gasteiger partial charge in [0.25, 0.3) is 0 Å². The molecule has 0 spiro atoms. The second kappa shape index (κ2) is 7.27. The summed E-state index contributed by atoms with van der Waals surface area (Å²) in [5.74, 6) is 0.313. The van der Waals surface area contributed by atoms with E-state index in [2.05, 4.69) is 26.0 Å². The van der Waals surface area contributed by atoms with Crippen molar-refractivity contribution in [3.8, 4) is 11.6 Å². The van der Waals surface area contributed by atoms with Gasteiger partial charge < -0.3 is 14.6 Å². The molecule has 1 N–H and O–H groups in total. The Labute approximate surface area is 175 Å². The number of fused-ring (bicyclic) bond motifs is 3. The highest BCUT2D eigenvalue weighted by Gasteiger charge is 2.31. The van der Waals surface area contributed by atoms with Crippen molar-refractivity contribution in [2.24, 2.45) is 0 Å². The fourth-order valence-corrected chi connectivity index (χ4v) is 3.92. The smallest absolute Gasteiger partial charge is 0.373 e. The van der Waals surface area contributed by atoms with E-state index < -0.39 is 4.92 Å². The van der Waals surface area contributed by atoms with Crippen molar-refractivity contribution in [2.75, 3.05) is 11.4 Å². The Balaban J connectivity index is 1.52. The lowest BCUT2D eigenvalue weighted by atomic mass is 10.0. The maximum absolute atomic E-state index is 11.9. The van der Waals surface area contributed by atoms with Crippen LogP contribution in [0.1, 0.15) is 11.3 Å². The van der Waals surface area contributed by atoms with E-state index in [1.807, 2.05) is 23.1 Å². The first-order valence-electron chi connectivity index (χ1n) is 9.21. The first-order valence-corrected chi connectivity index (χ1v) is 9.59. The standard InChI is InChI=1S/C20H15ClN6O3/c21-12-7-13(9-22-8-12)30-20-18(27(28)29)19(23-11-24-20)26-6-5-15-14-3-1-2-4-16(14)25-17(15)10-26/h1-4,7-9,11,25H,5-6,10H2. The molecule has 0 radical (unpaired) electrons. The third kappa shape index (κ3) is 3.18. The molecule has 4 heterocycles. The van der Waals surface area contributed by atoms with Crippen molar-refractivity contribution in [3.63, 3.8) is 0 Å². The molecule has 1 aromatic carbocycles. The first kappa shape index (κ1) is 18.3. The van der Waals surface area contributed by atoms with Gasteiger partial charge in [0.1, 0.15) is 12.1 Å². The molecule has 150 valence electrons. The molecule has 5 rings (SSSR count). The summed E-state index contributed by atoms with van der Waals surface area (Å²) in [7, 11) is 0. The topological polar surface area (TPSA) is 110 Å². The minimum Gasteiger partial charge on any atom is -0.432 e. The Morgan fingerprint density at radius 3 is 2.93 bits per heavy atom. The largest absolute Gasteiger partial charge is 0.432 e. The zero-order valence-electron chi connectivity index (χ0n) is 15.6. The number of ether oxygens (including phenoxy) is 1. The minimum absolute atomic E-state index is 0.156. The number of H-pyrrole nitrogens is 1. The van der Waals surface area contributed by atoms with Crippen LogP contribution in [0.2, 0.25) is 5.02 Å². The number of halogens is 1. The summed E-state index contributed by atoms with van der Waals surface area (Å²) in [4.78, 5) is 28.8. The van der Waals surface area contributed by atoms with Gasteiger partial charge in [-0.1, -0.05) is 29.8 Å². The van der Waals surface area contributed by atoms with E-state index in [1.165, 1.54) is 35.7 Å². The van der Waals surface area contributed by atoms with Crippen LogP contribution in [-0.2, 0) is 13.0 Å². The van der Waals surface area contributed by atoms with Crippen LogP contribution in [-0.4, -0.2) is 31.4 Å². The van der Waals surface area contributed by atoms with E-state index in [-0.39, 0.29) is 23.1 Å². The number of hydrogen-bond acceptors (Lipinski definition) is 7. The van der Waals surface area contributed by atoms with Gasteiger partial charge in [-0.05, 0) is 18.1 Å².